The van der Waals surface area contributed by atoms with Gasteiger partial charge < -0.3 is 29.7 Å². The summed E-state index contributed by atoms with van der Waals surface area (Å²) in [6, 6.07) is 8.47. The lowest BCUT2D eigenvalue weighted by Gasteiger charge is -1.98. The number of hydrogen-bond donors (Lipinski definition) is 1. The SMILES string of the molecule is CCn1c(CN)[n+](CC)c2ccccc21.[I-]. The Hall–Kier alpha value is -0.620. The summed E-state index contributed by atoms with van der Waals surface area (Å²) in [7, 11) is 0. The lowest BCUT2D eigenvalue weighted by Crippen LogP contribution is -3.00. The topological polar surface area (TPSA) is 34.8 Å². The molecular weight excluding hydrogens is 313 g/mol. The smallest absolute Gasteiger partial charge is 0.271 e. The van der Waals surface area contributed by atoms with Crippen LogP contribution in [0.15, 0.2) is 24.3 Å². The molecule has 0 unspecified atom stereocenters. The molecule has 1 aromatic carbocycles. The lowest BCUT2D eigenvalue weighted by molar-refractivity contribution is -0.676. The van der Waals surface area contributed by atoms with E-state index in [0.717, 1.165) is 13.1 Å². The maximum Gasteiger partial charge on any atom is 0.271 e. The van der Waals surface area contributed by atoms with Crippen LogP contribution in [0.5, 0.6) is 0 Å². The Bertz CT molecular complexity index is 435. The van der Waals surface area contributed by atoms with Crippen molar-refractivity contribution in [2.45, 2.75) is 33.5 Å². The molecule has 0 radical (unpaired) electrons. The van der Waals surface area contributed by atoms with E-state index >= 15 is 0 Å². The molecule has 2 rings (SSSR count). The first kappa shape index (κ1) is 13.4. The Morgan fingerprint density at radius 2 is 1.94 bits per heavy atom. The second-order valence-electron chi connectivity index (χ2n) is 3.60. The van der Waals surface area contributed by atoms with Crippen LogP contribution in [0.1, 0.15) is 19.7 Å². The first-order valence-electron chi connectivity index (χ1n) is 5.53. The van der Waals surface area contributed by atoms with Gasteiger partial charge in [0.25, 0.3) is 5.82 Å². The summed E-state index contributed by atoms with van der Waals surface area (Å²) in [5.41, 5.74) is 8.38. The van der Waals surface area contributed by atoms with Gasteiger partial charge in [0.05, 0.1) is 19.6 Å². The Balaban J connectivity index is 0.00000128. The summed E-state index contributed by atoms with van der Waals surface area (Å²) in [6.45, 7) is 6.85. The Kier molecular flexibility index (Phi) is 4.73. The number of imidazole rings is 1. The van der Waals surface area contributed by atoms with Gasteiger partial charge in [-0.05, 0) is 26.0 Å². The average molecular weight is 331 g/mol. The van der Waals surface area contributed by atoms with E-state index in [-0.39, 0.29) is 24.0 Å². The highest BCUT2D eigenvalue weighted by atomic mass is 127. The van der Waals surface area contributed by atoms with Gasteiger partial charge in [0.1, 0.15) is 0 Å². The van der Waals surface area contributed by atoms with Crippen LogP contribution in [0.4, 0.5) is 0 Å². The van der Waals surface area contributed by atoms with Crippen LogP contribution in [0.2, 0.25) is 0 Å². The molecule has 0 aliphatic carbocycles. The van der Waals surface area contributed by atoms with Crippen molar-refractivity contribution in [1.82, 2.24) is 4.57 Å². The molecule has 0 bridgehead atoms. The van der Waals surface area contributed by atoms with Crippen molar-refractivity contribution in [2.75, 3.05) is 0 Å². The van der Waals surface area contributed by atoms with Crippen molar-refractivity contribution in [2.24, 2.45) is 5.73 Å². The number of aromatic nitrogens is 2. The molecule has 4 heteroatoms. The molecular formula is C12H18IN3. The first-order chi connectivity index (χ1) is 7.33. The third-order valence-electron chi connectivity index (χ3n) is 2.90. The molecule has 0 spiro atoms. The molecule has 0 atom stereocenters. The third-order valence-corrected chi connectivity index (χ3v) is 2.90. The number of fused-ring (bicyclic) bond motifs is 1. The molecule has 0 aliphatic heterocycles. The highest BCUT2D eigenvalue weighted by molar-refractivity contribution is 5.72. The second-order valence-corrected chi connectivity index (χ2v) is 3.60. The molecule has 0 fully saturated rings. The highest BCUT2D eigenvalue weighted by Gasteiger charge is 2.20. The maximum absolute atomic E-state index is 5.82. The molecule has 0 aliphatic rings. The van der Waals surface area contributed by atoms with Crippen LogP contribution in [0.25, 0.3) is 11.0 Å². The summed E-state index contributed by atoms with van der Waals surface area (Å²) in [5, 5.41) is 0. The van der Waals surface area contributed by atoms with Crippen molar-refractivity contribution in [3.05, 3.63) is 30.1 Å². The Morgan fingerprint density at radius 3 is 2.50 bits per heavy atom. The van der Waals surface area contributed by atoms with Gasteiger partial charge >= 0.3 is 0 Å². The fourth-order valence-electron chi connectivity index (χ4n) is 2.27. The predicted octanol–water partition coefficient (Wildman–Crippen LogP) is -1.57. The van der Waals surface area contributed by atoms with Gasteiger partial charge in [-0.15, -0.1) is 0 Å². The minimum atomic E-state index is 0. The van der Waals surface area contributed by atoms with Gasteiger partial charge in [0.15, 0.2) is 11.0 Å². The van der Waals surface area contributed by atoms with Crippen molar-refractivity contribution < 1.29 is 28.5 Å². The lowest BCUT2D eigenvalue weighted by atomic mass is 10.3. The van der Waals surface area contributed by atoms with Crippen molar-refractivity contribution >= 4 is 11.0 Å². The minimum absolute atomic E-state index is 0. The van der Waals surface area contributed by atoms with Crippen LogP contribution in [0, 0.1) is 0 Å². The van der Waals surface area contributed by atoms with Crippen LogP contribution in [0.3, 0.4) is 0 Å². The van der Waals surface area contributed by atoms with Crippen molar-refractivity contribution in [3.63, 3.8) is 0 Å². The van der Waals surface area contributed by atoms with E-state index in [1.54, 1.807) is 0 Å². The molecule has 2 N–H and O–H groups in total. The number of nitrogens with two attached hydrogens (primary N) is 1. The predicted molar refractivity (Wildman–Crippen MR) is 61.4 cm³/mol. The van der Waals surface area contributed by atoms with Crippen LogP contribution < -0.4 is 34.3 Å². The fraction of sp³-hybridized carbons (Fsp3) is 0.417. The Morgan fingerprint density at radius 1 is 1.25 bits per heavy atom. The van der Waals surface area contributed by atoms with E-state index in [1.807, 2.05) is 0 Å². The number of para-hydroxylation sites is 2. The third kappa shape index (κ3) is 1.96. The quantitative estimate of drug-likeness (QED) is 0.535. The largest absolute Gasteiger partial charge is 1.00 e. The second kappa shape index (κ2) is 5.63. The fourth-order valence-corrected chi connectivity index (χ4v) is 2.27. The molecule has 3 nitrogen and oxygen atoms in total. The summed E-state index contributed by atoms with van der Waals surface area (Å²) < 4.78 is 4.58. The summed E-state index contributed by atoms with van der Waals surface area (Å²) in [5.74, 6) is 1.21. The zero-order chi connectivity index (χ0) is 10.8. The molecule has 0 saturated heterocycles. The monoisotopic (exact) mass is 331 g/mol. The van der Waals surface area contributed by atoms with Crippen LogP contribution in [-0.4, -0.2) is 4.57 Å². The van der Waals surface area contributed by atoms with Gasteiger partial charge in [0.2, 0.25) is 0 Å². The summed E-state index contributed by atoms with van der Waals surface area (Å²) in [6.07, 6.45) is 0. The standard InChI is InChI=1S/C12H18N3.HI/c1-3-14-10-7-5-6-8-11(10)15(4-2)12(14)9-13;/h5-8H,3-4,9,13H2,1-2H3;1H/q+1;/p-1. The number of aryl methyl sites for hydroxylation is 2. The maximum atomic E-state index is 5.82. The van der Waals surface area contributed by atoms with E-state index in [1.165, 1.54) is 16.9 Å². The number of hydrogen-bond acceptors (Lipinski definition) is 1. The van der Waals surface area contributed by atoms with Crippen molar-refractivity contribution in [1.29, 1.82) is 0 Å². The van der Waals surface area contributed by atoms with E-state index in [2.05, 4.69) is 47.2 Å². The zero-order valence-electron chi connectivity index (χ0n) is 9.78. The normalized spacial score (nSPS) is 10.4. The van der Waals surface area contributed by atoms with Gasteiger partial charge in [-0.2, -0.15) is 0 Å². The van der Waals surface area contributed by atoms with Gasteiger partial charge in [-0.3, -0.25) is 0 Å². The number of benzene rings is 1. The van der Waals surface area contributed by atoms with E-state index in [4.69, 9.17) is 5.73 Å². The molecule has 1 heterocycles. The van der Waals surface area contributed by atoms with E-state index < -0.39 is 0 Å². The summed E-state index contributed by atoms with van der Waals surface area (Å²) in [4.78, 5) is 0. The molecule has 16 heavy (non-hydrogen) atoms. The molecule has 1 aromatic heterocycles. The van der Waals surface area contributed by atoms with Gasteiger partial charge in [-0.1, -0.05) is 12.1 Å². The van der Waals surface area contributed by atoms with E-state index in [9.17, 15) is 0 Å². The number of rotatable bonds is 3. The highest BCUT2D eigenvalue weighted by Crippen LogP contribution is 2.13. The molecule has 0 saturated carbocycles. The average Bonchev–Trinajstić information content (AvgIpc) is 2.61. The van der Waals surface area contributed by atoms with Crippen molar-refractivity contribution in [3.8, 4) is 0 Å². The zero-order valence-corrected chi connectivity index (χ0v) is 11.9. The number of nitrogens with zero attached hydrogens (tertiary/aromatic N) is 2. The first-order valence-corrected chi connectivity index (χ1v) is 5.53. The summed E-state index contributed by atoms with van der Waals surface area (Å²) >= 11 is 0. The van der Waals surface area contributed by atoms with Gasteiger partial charge in [0, 0.05) is 0 Å². The van der Waals surface area contributed by atoms with Crippen LogP contribution >= 0.6 is 0 Å². The molecule has 0 amide bonds. The van der Waals surface area contributed by atoms with Crippen LogP contribution in [-0.2, 0) is 19.6 Å². The molecule has 2 aromatic rings. The number of halogens is 1. The molecule has 88 valence electrons. The van der Waals surface area contributed by atoms with E-state index in [0.29, 0.717) is 6.54 Å². The minimum Gasteiger partial charge on any atom is -1.00 e. The Labute approximate surface area is 113 Å². The van der Waals surface area contributed by atoms with Gasteiger partial charge in [-0.25, -0.2) is 9.13 Å².